The molecule has 4 heteroatoms. The number of halogens is 1. The highest BCUT2D eigenvalue weighted by Crippen LogP contribution is 2.38. The first kappa shape index (κ1) is 14.9. The second-order valence-corrected chi connectivity index (χ2v) is 6.01. The minimum atomic E-state index is 0.339. The van der Waals surface area contributed by atoms with Gasteiger partial charge in [0.25, 0.3) is 0 Å². The number of nitrogens with one attached hydrogen (secondary N) is 1. The van der Waals surface area contributed by atoms with Gasteiger partial charge in [0, 0.05) is 25.5 Å². The highest BCUT2D eigenvalue weighted by molar-refractivity contribution is 6.18. The van der Waals surface area contributed by atoms with Crippen molar-refractivity contribution >= 4 is 11.6 Å². The van der Waals surface area contributed by atoms with Gasteiger partial charge in [-0.3, -0.25) is 4.68 Å². The standard InChI is InChI=1S/C15H26ClN3/c1-3-13-9-14(19(4-2)18-13)10-17-12-15(11-16)7-5-6-8-15/h9,17H,3-8,10-12H2,1-2H3. The Kier molecular flexibility index (Phi) is 5.28. The van der Waals surface area contributed by atoms with E-state index in [1.807, 2.05) is 0 Å². The van der Waals surface area contributed by atoms with Crippen LogP contribution in [0.25, 0.3) is 0 Å². The minimum absolute atomic E-state index is 0.339. The average molecular weight is 284 g/mol. The summed E-state index contributed by atoms with van der Waals surface area (Å²) in [7, 11) is 0. The Balaban J connectivity index is 1.89. The summed E-state index contributed by atoms with van der Waals surface area (Å²) in [4.78, 5) is 0. The van der Waals surface area contributed by atoms with E-state index in [1.165, 1.54) is 37.1 Å². The lowest BCUT2D eigenvalue weighted by atomic mass is 9.88. The molecule has 1 saturated carbocycles. The summed E-state index contributed by atoms with van der Waals surface area (Å²) < 4.78 is 2.11. The highest BCUT2D eigenvalue weighted by atomic mass is 35.5. The Morgan fingerprint density at radius 3 is 2.68 bits per heavy atom. The number of hydrogen-bond donors (Lipinski definition) is 1. The van der Waals surface area contributed by atoms with E-state index in [1.54, 1.807) is 0 Å². The molecule has 0 atom stereocenters. The molecule has 0 bridgehead atoms. The van der Waals surface area contributed by atoms with E-state index in [-0.39, 0.29) is 0 Å². The Bertz CT molecular complexity index is 394. The molecule has 0 radical (unpaired) electrons. The molecule has 0 aromatic carbocycles. The third-order valence-electron chi connectivity index (χ3n) is 4.33. The fraction of sp³-hybridized carbons (Fsp3) is 0.800. The SMILES string of the molecule is CCc1cc(CNCC2(CCl)CCCC2)n(CC)n1. The number of hydrogen-bond acceptors (Lipinski definition) is 2. The topological polar surface area (TPSA) is 29.9 Å². The van der Waals surface area contributed by atoms with Crippen molar-refractivity contribution < 1.29 is 0 Å². The number of aryl methyl sites for hydroxylation is 2. The molecular weight excluding hydrogens is 258 g/mol. The van der Waals surface area contributed by atoms with Crippen molar-refractivity contribution in [3.05, 3.63) is 17.5 Å². The quantitative estimate of drug-likeness (QED) is 0.778. The second kappa shape index (κ2) is 6.76. The first-order chi connectivity index (χ1) is 9.23. The molecule has 0 unspecified atom stereocenters. The summed E-state index contributed by atoms with van der Waals surface area (Å²) in [6.07, 6.45) is 6.22. The summed E-state index contributed by atoms with van der Waals surface area (Å²) in [6.45, 7) is 7.18. The van der Waals surface area contributed by atoms with Gasteiger partial charge in [0.05, 0.1) is 11.4 Å². The molecule has 0 amide bonds. The van der Waals surface area contributed by atoms with Crippen molar-refractivity contribution in [1.29, 1.82) is 0 Å². The number of alkyl halides is 1. The second-order valence-electron chi connectivity index (χ2n) is 5.74. The third-order valence-corrected chi connectivity index (χ3v) is 4.90. The highest BCUT2D eigenvalue weighted by Gasteiger charge is 2.32. The predicted octanol–water partition coefficient (Wildman–Crippen LogP) is 3.35. The van der Waals surface area contributed by atoms with Crippen LogP contribution in [-0.2, 0) is 19.5 Å². The molecule has 1 aromatic rings. The van der Waals surface area contributed by atoms with Gasteiger partial charge in [-0.2, -0.15) is 5.10 Å². The van der Waals surface area contributed by atoms with Crippen molar-refractivity contribution in [2.45, 2.75) is 59.0 Å². The first-order valence-corrected chi connectivity index (χ1v) is 8.09. The largest absolute Gasteiger partial charge is 0.311 e. The average Bonchev–Trinajstić information content (AvgIpc) is 3.06. The van der Waals surface area contributed by atoms with Crippen LogP contribution < -0.4 is 5.32 Å². The van der Waals surface area contributed by atoms with Gasteiger partial charge in [-0.05, 0) is 37.7 Å². The van der Waals surface area contributed by atoms with Crippen molar-refractivity contribution in [2.24, 2.45) is 5.41 Å². The van der Waals surface area contributed by atoms with Gasteiger partial charge in [-0.1, -0.05) is 19.8 Å². The van der Waals surface area contributed by atoms with E-state index >= 15 is 0 Å². The molecule has 1 aliphatic rings. The van der Waals surface area contributed by atoms with E-state index in [9.17, 15) is 0 Å². The third kappa shape index (κ3) is 3.51. The van der Waals surface area contributed by atoms with Crippen LogP contribution in [0.2, 0.25) is 0 Å². The summed E-state index contributed by atoms with van der Waals surface area (Å²) in [5.74, 6) is 0.785. The van der Waals surface area contributed by atoms with Crippen LogP contribution in [0.5, 0.6) is 0 Å². The van der Waals surface area contributed by atoms with Gasteiger partial charge in [-0.25, -0.2) is 0 Å². The maximum absolute atomic E-state index is 6.17. The minimum Gasteiger partial charge on any atom is -0.311 e. The molecule has 1 aliphatic carbocycles. The summed E-state index contributed by atoms with van der Waals surface area (Å²) in [6, 6.07) is 2.22. The van der Waals surface area contributed by atoms with Crippen molar-refractivity contribution in [2.75, 3.05) is 12.4 Å². The van der Waals surface area contributed by atoms with Gasteiger partial charge >= 0.3 is 0 Å². The molecule has 0 spiro atoms. The molecule has 19 heavy (non-hydrogen) atoms. The molecule has 108 valence electrons. The summed E-state index contributed by atoms with van der Waals surface area (Å²) in [5.41, 5.74) is 2.82. The maximum Gasteiger partial charge on any atom is 0.0625 e. The maximum atomic E-state index is 6.17. The van der Waals surface area contributed by atoms with E-state index in [0.29, 0.717) is 5.41 Å². The molecule has 1 N–H and O–H groups in total. The first-order valence-electron chi connectivity index (χ1n) is 7.55. The van der Waals surface area contributed by atoms with Crippen LogP contribution >= 0.6 is 11.6 Å². The smallest absolute Gasteiger partial charge is 0.0625 e. The molecule has 1 heterocycles. The Labute approximate surface area is 121 Å². The lowest BCUT2D eigenvalue weighted by Crippen LogP contribution is -2.33. The molecule has 2 rings (SSSR count). The summed E-state index contributed by atoms with van der Waals surface area (Å²) >= 11 is 6.17. The fourth-order valence-electron chi connectivity index (χ4n) is 3.04. The molecule has 1 aromatic heterocycles. The Morgan fingerprint density at radius 2 is 2.11 bits per heavy atom. The van der Waals surface area contributed by atoms with Crippen LogP contribution in [0.3, 0.4) is 0 Å². The molecule has 3 nitrogen and oxygen atoms in total. The number of rotatable bonds is 7. The van der Waals surface area contributed by atoms with E-state index < -0.39 is 0 Å². The van der Waals surface area contributed by atoms with E-state index in [0.717, 1.165) is 31.9 Å². The normalized spacial score (nSPS) is 18.1. The van der Waals surface area contributed by atoms with Crippen LogP contribution in [-0.4, -0.2) is 22.2 Å². The van der Waals surface area contributed by atoms with Crippen LogP contribution in [0.4, 0.5) is 0 Å². The molecule has 0 saturated heterocycles. The van der Waals surface area contributed by atoms with E-state index in [2.05, 4.69) is 35.0 Å². The Hall–Kier alpha value is -0.540. The van der Waals surface area contributed by atoms with Crippen molar-refractivity contribution in [3.63, 3.8) is 0 Å². The van der Waals surface area contributed by atoms with Crippen LogP contribution in [0.1, 0.15) is 50.9 Å². The lowest BCUT2D eigenvalue weighted by Gasteiger charge is -2.26. The summed E-state index contributed by atoms with van der Waals surface area (Å²) in [5, 5.41) is 8.19. The van der Waals surface area contributed by atoms with Gasteiger partial charge in [-0.15, -0.1) is 11.6 Å². The molecule has 1 fully saturated rings. The zero-order chi connectivity index (χ0) is 13.7. The fourth-order valence-corrected chi connectivity index (χ4v) is 3.40. The monoisotopic (exact) mass is 283 g/mol. The van der Waals surface area contributed by atoms with Gasteiger partial charge < -0.3 is 5.32 Å². The van der Waals surface area contributed by atoms with Gasteiger partial charge in [0.1, 0.15) is 0 Å². The Morgan fingerprint density at radius 1 is 1.37 bits per heavy atom. The van der Waals surface area contributed by atoms with Gasteiger partial charge in [0.15, 0.2) is 0 Å². The lowest BCUT2D eigenvalue weighted by molar-refractivity contribution is 0.318. The zero-order valence-electron chi connectivity index (χ0n) is 12.2. The molecule has 0 aliphatic heterocycles. The van der Waals surface area contributed by atoms with Crippen molar-refractivity contribution in [1.82, 2.24) is 15.1 Å². The van der Waals surface area contributed by atoms with Crippen LogP contribution in [0, 0.1) is 5.41 Å². The van der Waals surface area contributed by atoms with Gasteiger partial charge in [0.2, 0.25) is 0 Å². The predicted molar refractivity (Wildman–Crippen MR) is 80.6 cm³/mol. The van der Waals surface area contributed by atoms with Crippen LogP contribution in [0.15, 0.2) is 6.07 Å². The van der Waals surface area contributed by atoms with Crippen molar-refractivity contribution in [3.8, 4) is 0 Å². The van der Waals surface area contributed by atoms with E-state index in [4.69, 9.17) is 11.6 Å². The number of aromatic nitrogens is 2. The zero-order valence-corrected chi connectivity index (χ0v) is 13.0. The molecular formula is C15H26ClN3. The number of nitrogens with zero attached hydrogens (tertiary/aromatic N) is 2.